The summed E-state index contributed by atoms with van der Waals surface area (Å²) in [4.78, 5) is 10.1. The molecule has 2 aliphatic rings. The zero-order valence-corrected chi connectivity index (χ0v) is 19.2. The smallest absolute Gasteiger partial charge is 0.377 e. The normalized spacial score (nSPS) is 20.4. The van der Waals surface area contributed by atoms with Gasteiger partial charge in [-0.15, -0.1) is 5.46 Å². The van der Waals surface area contributed by atoms with Crippen LogP contribution in [-0.4, -0.2) is 46.7 Å². The molecule has 0 unspecified atom stereocenters. The summed E-state index contributed by atoms with van der Waals surface area (Å²) in [7, 11) is 0. The molecule has 0 spiro atoms. The van der Waals surface area contributed by atoms with Crippen molar-refractivity contribution in [2.45, 2.75) is 65.1 Å². The van der Waals surface area contributed by atoms with Crippen LogP contribution in [0, 0.1) is 0 Å². The van der Waals surface area contributed by atoms with Crippen molar-refractivity contribution in [2.75, 3.05) is 13.2 Å². The van der Waals surface area contributed by atoms with E-state index in [1.54, 1.807) is 0 Å². The van der Waals surface area contributed by atoms with Gasteiger partial charge in [0.1, 0.15) is 24.9 Å². The van der Waals surface area contributed by atoms with Gasteiger partial charge >= 0.3 is 6.28 Å². The van der Waals surface area contributed by atoms with E-state index in [-0.39, 0.29) is 16.6 Å². The lowest BCUT2D eigenvalue weighted by Gasteiger charge is -2.36. The maximum Gasteiger partial charge on any atom is 0.377 e. The molecule has 6 nitrogen and oxygen atoms in total. The van der Waals surface area contributed by atoms with Gasteiger partial charge in [-0.1, -0.05) is 30.3 Å². The predicted molar refractivity (Wildman–Crippen MR) is 122 cm³/mol. The summed E-state index contributed by atoms with van der Waals surface area (Å²) in [6, 6.07) is 10.4. The van der Waals surface area contributed by atoms with E-state index in [1.807, 2.05) is 6.07 Å². The average Bonchev–Trinajstić information content (AvgIpc) is 3.36. The van der Waals surface area contributed by atoms with Crippen LogP contribution in [0.4, 0.5) is 0 Å². The van der Waals surface area contributed by atoms with Gasteiger partial charge in [-0.3, -0.25) is 9.98 Å². The van der Waals surface area contributed by atoms with Crippen LogP contribution in [0.1, 0.15) is 48.5 Å². The fourth-order valence-electron chi connectivity index (χ4n) is 4.20. The number of nitrogens with zero attached hydrogens (tertiary/aromatic N) is 4. The fraction of sp³-hybridized carbons (Fsp3) is 0.522. The molecule has 0 N–H and O–H groups in total. The number of hydrogen-bond donors (Lipinski definition) is 0. The van der Waals surface area contributed by atoms with Gasteiger partial charge in [-0.25, -0.2) is 4.57 Å². The van der Waals surface area contributed by atoms with Crippen LogP contribution in [-0.2, 0) is 15.0 Å². The molecule has 4 rings (SSSR count). The number of hydrogen-bond acceptors (Lipinski definition) is 4. The van der Waals surface area contributed by atoms with Crippen LogP contribution in [0.15, 0.2) is 59.0 Å². The van der Waals surface area contributed by atoms with Gasteiger partial charge in [-0.05, 0) is 48.5 Å². The first-order valence-corrected chi connectivity index (χ1v) is 10.7. The molecule has 0 radical (unpaired) electrons. The second kappa shape index (κ2) is 6.72. The number of rotatable bonds is 4. The summed E-state index contributed by atoms with van der Waals surface area (Å²) in [5.74, 6) is 1.36. The van der Waals surface area contributed by atoms with E-state index in [1.165, 1.54) is 0 Å². The van der Waals surface area contributed by atoms with Gasteiger partial charge in [0, 0.05) is 0 Å². The lowest BCUT2D eigenvalue weighted by Crippen LogP contribution is -2.81. The summed E-state index contributed by atoms with van der Waals surface area (Å²) in [6.45, 7) is 16.0. The molecule has 0 saturated carbocycles. The molecular weight excluding hydrogens is 375 g/mol. The fourth-order valence-corrected chi connectivity index (χ4v) is 4.20. The highest BCUT2D eigenvalue weighted by Crippen LogP contribution is 2.27. The maximum atomic E-state index is 6.30. The molecule has 2 aliphatic heterocycles. The Labute approximate surface area is 179 Å². The molecule has 1 aromatic heterocycles. The molecule has 3 heterocycles. The number of aliphatic imine (C=N–C) groups is 2. The summed E-state index contributed by atoms with van der Waals surface area (Å²) < 4.78 is 17.0. The Morgan fingerprint density at radius 2 is 1.47 bits per heavy atom. The molecule has 0 atom stereocenters. The Hall–Kier alpha value is -2.57. The number of benzene rings is 1. The molecule has 0 saturated heterocycles. The largest absolute Gasteiger partial charge is 0.513 e. The van der Waals surface area contributed by atoms with Crippen LogP contribution in [0.25, 0.3) is 0 Å². The minimum atomic E-state index is -1.83. The van der Waals surface area contributed by atoms with Crippen molar-refractivity contribution in [2.24, 2.45) is 9.98 Å². The molecule has 0 bridgehead atoms. The van der Waals surface area contributed by atoms with Crippen molar-refractivity contribution >= 4 is 23.3 Å². The van der Waals surface area contributed by atoms with Crippen molar-refractivity contribution in [3.8, 4) is 0 Å². The van der Waals surface area contributed by atoms with Crippen molar-refractivity contribution in [3.63, 3.8) is 0 Å². The first-order valence-electron chi connectivity index (χ1n) is 10.7. The molecule has 30 heavy (non-hydrogen) atoms. The standard InChI is InChI=1S/C23H33BN4O2/c1-21(2,3)27-13-14-28(17-27)24(18-11-9-8-10-12-18,19-25-22(4,5)15-29-19)20-26-23(6,7)16-30-20/h8-14,17H,15-16H2,1-7H3. The lowest BCUT2D eigenvalue weighted by atomic mass is 9.30. The minimum Gasteiger partial charge on any atom is -0.513 e. The Kier molecular flexibility index (Phi) is 4.64. The van der Waals surface area contributed by atoms with E-state index in [2.05, 4.69) is 100 Å². The van der Waals surface area contributed by atoms with Gasteiger partial charge in [0.15, 0.2) is 6.33 Å². The highest BCUT2D eigenvalue weighted by Gasteiger charge is 2.53. The molecular formula is C23H33BN4O2. The first kappa shape index (κ1) is 20.7. The third-order valence-electron chi connectivity index (χ3n) is 5.85. The molecule has 1 aromatic carbocycles. The average molecular weight is 408 g/mol. The summed E-state index contributed by atoms with van der Waals surface area (Å²) in [6.07, 6.45) is 4.48. The van der Waals surface area contributed by atoms with Crippen molar-refractivity contribution in [1.82, 2.24) is 4.57 Å². The van der Waals surface area contributed by atoms with E-state index in [4.69, 9.17) is 19.5 Å². The Balaban J connectivity index is 2.04. The number of imidazole rings is 1. The van der Waals surface area contributed by atoms with Crippen molar-refractivity contribution < 1.29 is 14.0 Å². The van der Waals surface area contributed by atoms with E-state index in [0.717, 1.165) is 5.46 Å². The lowest BCUT2D eigenvalue weighted by molar-refractivity contribution is -0.538. The van der Waals surface area contributed by atoms with Gasteiger partial charge in [-0.2, -0.15) is 0 Å². The quantitative estimate of drug-likeness (QED) is 0.731. The second-order valence-electron chi connectivity index (χ2n) is 10.8. The van der Waals surface area contributed by atoms with E-state index in [0.29, 0.717) is 24.8 Å². The van der Waals surface area contributed by atoms with Gasteiger partial charge in [0.2, 0.25) is 0 Å². The van der Waals surface area contributed by atoms with Crippen LogP contribution in [0.3, 0.4) is 0 Å². The summed E-state index contributed by atoms with van der Waals surface area (Å²) >= 11 is 0. The minimum absolute atomic E-state index is 0.0566. The second-order valence-corrected chi connectivity index (χ2v) is 10.8. The Bertz CT molecular complexity index is 966. The predicted octanol–water partition coefficient (Wildman–Crippen LogP) is 2.72. The third kappa shape index (κ3) is 3.44. The summed E-state index contributed by atoms with van der Waals surface area (Å²) in [5.41, 5.74) is 0.429. The molecule has 0 fully saturated rings. The Morgan fingerprint density at radius 3 is 1.87 bits per heavy atom. The number of aromatic nitrogens is 2. The van der Waals surface area contributed by atoms with E-state index < -0.39 is 6.28 Å². The monoisotopic (exact) mass is 408 g/mol. The topological polar surface area (TPSA) is 52.0 Å². The third-order valence-corrected chi connectivity index (χ3v) is 5.85. The van der Waals surface area contributed by atoms with Crippen LogP contribution in [0.2, 0.25) is 0 Å². The molecule has 160 valence electrons. The maximum absolute atomic E-state index is 6.30. The van der Waals surface area contributed by atoms with Gasteiger partial charge < -0.3 is 14.0 Å². The Morgan fingerprint density at radius 1 is 0.933 bits per heavy atom. The number of ether oxygens (including phenoxy) is 2. The van der Waals surface area contributed by atoms with Gasteiger partial charge in [0.05, 0.1) is 28.9 Å². The molecule has 7 heteroatoms. The van der Waals surface area contributed by atoms with Gasteiger partial charge in [0.25, 0.3) is 0 Å². The van der Waals surface area contributed by atoms with Crippen molar-refractivity contribution in [1.29, 1.82) is 0 Å². The first-order chi connectivity index (χ1) is 13.9. The van der Waals surface area contributed by atoms with E-state index in [9.17, 15) is 0 Å². The van der Waals surface area contributed by atoms with E-state index >= 15 is 0 Å². The summed E-state index contributed by atoms with van der Waals surface area (Å²) in [5, 5.41) is 0. The molecule has 2 aromatic rings. The SMILES string of the molecule is CC1(C)COC([B-](C2=NC(C)(C)CO2)(c2ccccc2)[n+]2ccn(C(C)(C)C)c2)=N1. The highest BCUT2D eigenvalue weighted by atomic mass is 16.5. The zero-order chi connectivity index (χ0) is 21.8. The molecule has 0 aliphatic carbocycles. The molecule has 0 amide bonds. The van der Waals surface area contributed by atoms with Crippen LogP contribution < -0.4 is 9.94 Å². The zero-order valence-electron chi connectivity index (χ0n) is 19.2. The van der Waals surface area contributed by atoms with Crippen LogP contribution in [0.5, 0.6) is 0 Å². The highest BCUT2D eigenvalue weighted by molar-refractivity contribution is 7.26. The van der Waals surface area contributed by atoms with Crippen molar-refractivity contribution in [3.05, 3.63) is 49.1 Å². The van der Waals surface area contributed by atoms with Crippen LogP contribution >= 0.6 is 0 Å².